The van der Waals surface area contributed by atoms with Crippen molar-refractivity contribution in [3.05, 3.63) is 24.3 Å². The van der Waals surface area contributed by atoms with E-state index >= 15 is 0 Å². The van der Waals surface area contributed by atoms with Crippen LogP contribution in [0, 0.1) is 5.92 Å². The van der Waals surface area contributed by atoms with E-state index in [0.29, 0.717) is 13.2 Å². The summed E-state index contributed by atoms with van der Waals surface area (Å²) in [5.41, 5.74) is 0.833. The highest BCUT2D eigenvalue weighted by Gasteiger charge is 2.32. The van der Waals surface area contributed by atoms with Gasteiger partial charge < -0.3 is 15.4 Å². The van der Waals surface area contributed by atoms with Gasteiger partial charge in [0.15, 0.2) is 0 Å². The lowest BCUT2D eigenvalue weighted by Gasteiger charge is -2.16. The fraction of sp³-hybridized carbons (Fsp3) is 0.462. The first-order valence-corrected chi connectivity index (χ1v) is 7.17. The number of ether oxygens (including phenoxy) is 1. The van der Waals surface area contributed by atoms with E-state index in [4.69, 9.17) is 4.74 Å². The van der Waals surface area contributed by atoms with E-state index in [0.717, 1.165) is 5.69 Å². The van der Waals surface area contributed by atoms with E-state index in [1.54, 1.807) is 11.8 Å². The molecule has 98 valence electrons. The van der Waals surface area contributed by atoms with E-state index in [2.05, 4.69) is 10.6 Å². The molecule has 5 heteroatoms. The number of anilines is 1. The first kappa shape index (κ1) is 13.4. The van der Waals surface area contributed by atoms with Crippen molar-refractivity contribution in [2.24, 2.45) is 5.92 Å². The number of amides is 1. The first-order valence-electron chi connectivity index (χ1n) is 5.94. The third kappa shape index (κ3) is 3.04. The van der Waals surface area contributed by atoms with E-state index in [9.17, 15) is 4.79 Å². The summed E-state index contributed by atoms with van der Waals surface area (Å²) in [7, 11) is 1.85. The maximum Gasteiger partial charge on any atom is 0.231 e. The molecular weight excluding hydrogens is 248 g/mol. The molecular formula is C13H18N2O2S. The summed E-state index contributed by atoms with van der Waals surface area (Å²) in [5, 5.41) is 6.04. The average Bonchev–Trinajstić information content (AvgIpc) is 2.88. The van der Waals surface area contributed by atoms with Crippen molar-refractivity contribution in [3.63, 3.8) is 0 Å². The maximum absolute atomic E-state index is 12.1. The number of nitrogens with one attached hydrogen (secondary N) is 2. The number of thioether (sulfide) groups is 1. The number of benzene rings is 1. The zero-order chi connectivity index (χ0) is 13.0. The molecule has 2 unspecified atom stereocenters. The monoisotopic (exact) mass is 266 g/mol. The molecule has 1 aliphatic heterocycles. The molecule has 1 fully saturated rings. The molecule has 2 rings (SSSR count). The zero-order valence-corrected chi connectivity index (χ0v) is 11.4. The van der Waals surface area contributed by atoms with Crippen molar-refractivity contribution in [3.8, 4) is 0 Å². The van der Waals surface area contributed by atoms with E-state index < -0.39 is 0 Å². The molecule has 0 spiro atoms. The fourth-order valence-corrected chi connectivity index (χ4v) is 2.41. The second-order valence-corrected chi connectivity index (χ2v) is 5.14. The molecule has 1 aromatic carbocycles. The Balaban J connectivity index is 1.97. The van der Waals surface area contributed by atoms with E-state index in [-0.39, 0.29) is 17.9 Å². The highest BCUT2D eigenvalue weighted by atomic mass is 32.2. The molecule has 0 saturated carbocycles. The lowest BCUT2D eigenvalue weighted by molar-refractivity contribution is -0.120. The van der Waals surface area contributed by atoms with Crippen molar-refractivity contribution >= 4 is 23.4 Å². The zero-order valence-electron chi connectivity index (χ0n) is 10.6. The van der Waals surface area contributed by atoms with E-state index in [1.165, 1.54) is 4.90 Å². The van der Waals surface area contributed by atoms with Crippen LogP contribution < -0.4 is 10.6 Å². The number of hydrogen-bond acceptors (Lipinski definition) is 4. The topological polar surface area (TPSA) is 50.4 Å². The quantitative estimate of drug-likeness (QED) is 0.813. The third-order valence-electron chi connectivity index (χ3n) is 3.15. The van der Waals surface area contributed by atoms with Crippen LogP contribution in [0.25, 0.3) is 0 Å². The minimum atomic E-state index is -0.116. The summed E-state index contributed by atoms with van der Waals surface area (Å²) in [4.78, 5) is 13.3. The molecule has 1 aromatic rings. The first-order chi connectivity index (χ1) is 8.74. The standard InChI is InChI=1S/C13H18N2O2S/c1-14-12-8-17-7-11(12)13(16)15-9-3-5-10(18-2)6-4-9/h3-6,11-12,14H,7-8H2,1-2H3,(H,15,16). The summed E-state index contributed by atoms with van der Waals surface area (Å²) in [6, 6.07) is 7.96. The van der Waals surface area contributed by atoms with Gasteiger partial charge in [0, 0.05) is 16.6 Å². The Kier molecular flexibility index (Phi) is 4.63. The summed E-state index contributed by atoms with van der Waals surface area (Å²) in [6.07, 6.45) is 2.03. The molecule has 0 bridgehead atoms. The lowest BCUT2D eigenvalue weighted by Crippen LogP contribution is -2.39. The third-order valence-corrected chi connectivity index (χ3v) is 3.89. The molecule has 1 saturated heterocycles. The predicted octanol–water partition coefficient (Wildman–Crippen LogP) is 1.58. The van der Waals surface area contributed by atoms with Crippen molar-refractivity contribution in [2.45, 2.75) is 10.9 Å². The number of rotatable bonds is 4. The molecule has 1 aliphatic rings. The van der Waals surface area contributed by atoms with Crippen LogP contribution >= 0.6 is 11.8 Å². The predicted molar refractivity (Wildman–Crippen MR) is 74.0 cm³/mol. The molecule has 0 radical (unpaired) electrons. The second kappa shape index (κ2) is 6.22. The largest absolute Gasteiger partial charge is 0.379 e. The van der Waals surface area contributed by atoms with Crippen molar-refractivity contribution in [2.75, 3.05) is 31.8 Å². The van der Waals surface area contributed by atoms with Crippen LogP contribution in [0.3, 0.4) is 0 Å². The smallest absolute Gasteiger partial charge is 0.231 e. The molecule has 1 amide bonds. The van der Waals surface area contributed by atoms with Gasteiger partial charge in [-0.3, -0.25) is 4.79 Å². The van der Waals surface area contributed by atoms with Crippen LogP contribution in [0.1, 0.15) is 0 Å². The fourth-order valence-electron chi connectivity index (χ4n) is 2.01. The van der Waals surface area contributed by atoms with E-state index in [1.807, 2.05) is 37.6 Å². The Morgan fingerprint density at radius 2 is 2.06 bits per heavy atom. The van der Waals surface area contributed by atoms with Crippen molar-refractivity contribution in [1.82, 2.24) is 5.32 Å². The Morgan fingerprint density at radius 3 is 2.67 bits per heavy atom. The van der Waals surface area contributed by atoms with Crippen LogP contribution in [-0.2, 0) is 9.53 Å². The number of likely N-dealkylation sites (N-methyl/N-ethyl adjacent to an activating group) is 1. The number of hydrogen-bond donors (Lipinski definition) is 2. The Labute approximate surface area is 111 Å². The Morgan fingerprint density at radius 1 is 1.33 bits per heavy atom. The molecule has 4 nitrogen and oxygen atoms in total. The molecule has 2 atom stereocenters. The molecule has 18 heavy (non-hydrogen) atoms. The Hall–Kier alpha value is -1.04. The maximum atomic E-state index is 12.1. The highest BCUT2D eigenvalue weighted by molar-refractivity contribution is 7.98. The van der Waals surface area contributed by atoms with Gasteiger partial charge in [-0.05, 0) is 37.6 Å². The van der Waals surface area contributed by atoms with Crippen molar-refractivity contribution < 1.29 is 9.53 Å². The second-order valence-electron chi connectivity index (χ2n) is 4.26. The summed E-state index contributed by atoms with van der Waals surface area (Å²) in [6.45, 7) is 1.08. The van der Waals surface area contributed by atoms with Gasteiger partial charge in [-0.15, -0.1) is 11.8 Å². The summed E-state index contributed by atoms with van der Waals surface area (Å²) in [5.74, 6) is -0.0982. The summed E-state index contributed by atoms with van der Waals surface area (Å²) < 4.78 is 5.33. The summed E-state index contributed by atoms with van der Waals surface area (Å²) >= 11 is 1.68. The van der Waals surface area contributed by atoms with Gasteiger partial charge in [-0.1, -0.05) is 0 Å². The van der Waals surface area contributed by atoms with Crippen LogP contribution in [0.15, 0.2) is 29.2 Å². The van der Waals surface area contributed by atoms with Gasteiger partial charge in [-0.2, -0.15) is 0 Å². The highest BCUT2D eigenvalue weighted by Crippen LogP contribution is 2.20. The number of carbonyl (C=O) groups is 1. The van der Waals surface area contributed by atoms with Gasteiger partial charge in [-0.25, -0.2) is 0 Å². The molecule has 0 aromatic heterocycles. The molecule has 1 heterocycles. The molecule has 0 aliphatic carbocycles. The van der Waals surface area contributed by atoms with Crippen LogP contribution in [0.2, 0.25) is 0 Å². The average molecular weight is 266 g/mol. The minimum absolute atomic E-state index is 0.0174. The minimum Gasteiger partial charge on any atom is -0.379 e. The van der Waals surface area contributed by atoms with Gasteiger partial charge in [0.1, 0.15) is 0 Å². The number of carbonyl (C=O) groups excluding carboxylic acids is 1. The normalized spacial score (nSPS) is 23.0. The van der Waals surface area contributed by atoms with Crippen LogP contribution in [0.5, 0.6) is 0 Å². The van der Waals surface area contributed by atoms with Crippen molar-refractivity contribution in [1.29, 1.82) is 0 Å². The molecule has 2 N–H and O–H groups in total. The van der Waals surface area contributed by atoms with Crippen LogP contribution in [-0.4, -0.2) is 38.5 Å². The Bertz CT molecular complexity index is 408. The van der Waals surface area contributed by atoms with Crippen LogP contribution in [0.4, 0.5) is 5.69 Å². The van der Waals surface area contributed by atoms with Gasteiger partial charge in [0.05, 0.1) is 19.1 Å². The SMILES string of the molecule is CNC1COCC1C(=O)Nc1ccc(SC)cc1. The van der Waals surface area contributed by atoms with Gasteiger partial charge >= 0.3 is 0 Å². The van der Waals surface area contributed by atoms with Gasteiger partial charge in [0.2, 0.25) is 5.91 Å². The lowest BCUT2D eigenvalue weighted by atomic mass is 10.0. The van der Waals surface area contributed by atoms with Gasteiger partial charge in [0.25, 0.3) is 0 Å².